The first-order chi connectivity index (χ1) is 9.20. The van der Waals surface area contributed by atoms with Gasteiger partial charge >= 0.3 is 5.97 Å². The second-order valence-corrected chi connectivity index (χ2v) is 3.85. The Balaban J connectivity index is 1.93. The number of carbonyl (C=O) groups excluding carboxylic acids is 2. The zero-order chi connectivity index (χ0) is 13.7. The Bertz CT molecular complexity index is 558. The van der Waals surface area contributed by atoms with Crippen molar-refractivity contribution in [2.75, 3.05) is 7.11 Å². The Labute approximate surface area is 110 Å². The number of esters is 1. The lowest BCUT2D eigenvalue weighted by atomic mass is 10.1. The summed E-state index contributed by atoms with van der Waals surface area (Å²) in [4.78, 5) is 22.9. The van der Waals surface area contributed by atoms with Crippen LogP contribution >= 0.6 is 0 Å². The van der Waals surface area contributed by atoms with E-state index in [4.69, 9.17) is 4.42 Å². The SMILES string of the molecule is COC(=O)c1ccc(CNC(=O)c2ccco2)cc1. The molecule has 98 valence electrons. The minimum absolute atomic E-state index is 0.270. The number of furan rings is 1. The zero-order valence-corrected chi connectivity index (χ0v) is 10.4. The van der Waals surface area contributed by atoms with Crippen LogP contribution in [0.25, 0.3) is 0 Å². The molecule has 0 aliphatic heterocycles. The Morgan fingerprint density at radius 3 is 2.53 bits per heavy atom. The normalized spacial score (nSPS) is 9.95. The van der Waals surface area contributed by atoms with Gasteiger partial charge in [0.1, 0.15) is 0 Å². The van der Waals surface area contributed by atoms with E-state index in [2.05, 4.69) is 10.1 Å². The predicted octanol–water partition coefficient (Wildman–Crippen LogP) is 2.00. The van der Waals surface area contributed by atoms with Crippen LogP contribution in [-0.4, -0.2) is 19.0 Å². The average molecular weight is 259 g/mol. The van der Waals surface area contributed by atoms with Crippen LogP contribution in [0.2, 0.25) is 0 Å². The Kier molecular flexibility index (Phi) is 3.97. The minimum Gasteiger partial charge on any atom is -0.465 e. The molecule has 0 fully saturated rings. The zero-order valence-electron chi connectivity index (χ0n) is 10.4. The number of rotatable bonds is 4. The minimum atomic E-state index is -0.383. The maximum absolute atomic E-state index is 11.6. The van der Waals surface area contributed by atoms with Crippen LogP contribution in [0.15, 0.2) is 47.1 Å². The molecule has 0 atom stereocenters. The number of benzene rings is 1. The van der Waals surface area contributed by atoms with Crippen molar-refractivity contribution in [1.29, 1.82) is 0 Å². The fourth-order valence-electron chi connectivity index (χ4n) is 1.55. The monoisotopic (exact) mass is 259 g/mol. The van der Waals surface area contributed by atoms with Crippen LogP contribution in [-0.2, 0) is 11.3 Å². The van der Waals surface area contributed by atoms with Gasteiger partial charge in [-0.3, -0.25) is 4.79 Å². The number of ether oxygens (including phenoxy) is 1. The van der Waals surface area contributed by atoms with Crippen molar-refractivity contribution in [3.63, 3.8) is 0 Å². The molecule has 5 nitrogen and oxygen atoms in total. The van der Waals surface area contributed by atoms with Crippen LogP contribution in [0.3, 0.4) is 0 Å². The summed E-state index contributed by atoms with van der Waals surface area (Å²) in [5, 5.41) is 2.72. The Hall–Kier alpha value is -2.56. The molecule has 5 heteroatoms. The van der Waals surface area contributed by atoms with Crippen molar-refractivity contribution < 1.29 is 18.7 Å². The van der Waals surface area contributed by atoms with Gasteiger partial charge in [-0.1, -0.05) is 12.1 Å². The van der Waals surface area contributed by atoms with Crippen LogP contribution in [0.1, 0.15) is 26.5 Å². The first-order valence-corrected chi connectivity index (χ1v) is 5.69. The second kappa shape index (κ2) is 5.86. The molecule has 1 aromatic heterocycles. The fraction of sp³-hybridized carbons (Fsp3) is 0.143. The Morgan fingerprint density at radius 1 is 1.21 bits per heavy atom. The number of nitrogens with one attached hydrogen (secondary N) is 1. The molecule has 1 aromatic carbocycles. The molecule has 0 aliphatic rings. The molecule has 0 radical (unpaired) electrons. The smallest absolute Gasteiger partial charge is 0.337 e. The van der Waals surface area contributed by atoms with Crippen molar-refractivity contribution in [3.05, 3.63) is 59.5 Å². The molecule has 0 unspecified atom stereocenters. The second-order valence-electron chi connectivity index (χ2n) is 3.85. The molecular weight excluding hydrogens is 246 g/mol. The van der Waals surface area contributed by atoms with E-state index in [-0.39, 0.29) is 17.6 Å². The maximum Gasteiger partial charge on any atom is 0.337 e. The van der Waals surface area contributed by atoms with E-state index < -0.39 is 0 Å². The van der Waals surface area contributed by atoms with E-state index >= 15 is 0 Å². The van der Waals surface area contributed by atoms with E-state index in [0.717, 1.165) is 5.56 Å². The van der Waals surface area contributed by atoms with Crippen LogP contribution in [0, 0.1) is 0 Å². The number of carbonyl (C=O) groups is 2. The standard InChI is InChI=1S/C14H13NO4/c1-18-14(17)11-6-4-10(5-7-11)9-15-13(16)12-3-2-8-19-12/h2-8H,9H2,1H3,(H,15,16). The summed E-state index contributed by atoms with van der Waals surface area (Å²) in [5.74, 6) is -0.389. The lowest BCUT2D eigenvalue weighted by Crippen LogP contribution is -2.22. The number of amides is 1. The van der Waals surface area contributed by atoms with Crippen molar-refractivity contribution in [2.45, 2.75) is 6.54 Å². The van der Waals surface area contributed by atoms with E-state index in [1.807, 2.05) is 0 Å². The summed E-state index contributed by atoms with van der Waals surface area (Å²) in [7, 11) is 1.33. The fourth-order valence-corrected chi connectivity index (χ4v) is 1.55. The van der Waals surface area contributed by atoms with Crippen LogP contribution < -0.4 is 5.32 Å². The first kappa shape index (κ1) is 12.9. The summed E-state index contributed by atoms with van der Waals surface area (Å²) in [6.45, 7) is 0.362. The highest BCUT2D eigenvalue weighted by Gasteiger charge is 2.08. The molecule has 0 spiro atoms. The molecule has 0 aliphatic carbocycles. The molecule has 0 bridgehead atoms. The summed E-state index contributed by atoms with van der Waals surface area (Å²) in [6, 6.07) is 10.1. The van der Waals surface area contributed by atoms with Gasteiger partial charge in [-0.25, -0.2) is 4.79 Å². The number of hydrogen-bond donors (Lipinski definition) is 1. The number of methoxy groups -OCH3 is 1. The van der Waals surface area contributed by atoms with Gasteiger partial charge in [-0.05, 0) is 29.8 Å². The average Bonchev–Trinajstić information content (AvgIpc) is 2.98. The maximum atomic E-state index is 11.6. The summed E-state index contributed by atoms with van der Waals surface area (Å²) in [5.41, 5.74) is 1.36. The number of hydrogen-bond acceptors (Lipinski definition) is 4. The highest BCUT2D eigenvalue weighted by Crippen LogP contribution is 2.06. The molecule has 1 heterocycles. The summed E-state index contributed by atoms with van der Waals surface area (Å²) >= 11 is 0. The molecule has 19 heavy (non-hydrogen) atoms. The van der Waals surface area contributed by atoms with Crippen LogP contribution in [0.5, 0.6) is 0 Å². The summed E-state index contributed by atoms with van der Waals surface area (Å²) < 4.78 is 9.58. The third kappa shape index (κ3) is 3.22. The highest BCUT2D eigenvalue weighted by atomic mass is 16.5. The van der Waals surface area contributed by atoms with Gasteiger partial charge in [0, 0.05) is 6.54 Å². The van der Waals surface area contributed by atoms with Crippen molar-refractivity contribution in [3.8, 4) is 0 Å². The Morgan fingerprint density at radius 2 is 1.95 bits per heavy atom. The van der Waals surface area contributed by atoms with E-state index in [0.29, 0.717) is 12.1 Å². The largest absolute Gasteiger partial charge is 0.465 e. The predicted molar refractivity (Wildman–Crippen MR) is 67.7 cm³/mol. The van der Waals surface area contributed by atoms with Gasteiger partial charge in [0.05, 0.1) is 18.9 Å². The third-order valence-electron chi connectivity index (χ3n) is 2.57. The van der Waals surface area contributed by atoms with E-state index in [1.165, 1.54) is 13.4 Å². The molecule has 2 rings (SSSR count). The van der Waals surface area contributed by atoms with Gasteiger partial charge < -0.3 is 14.5 Å². The molecule has 0 saturated heterocycles. The molecule has 1 N–H and O–H groups in total. The van der Waals surface area contributed by atoms with Crippen molar-refractivity contribution in [1.82, 2.24) is 5.32 Å². The molecule has 2 aromatic rings. The topological polar surface area (TPSA) is 68.5 Å². The molecular formula is C14H13NO4. The third-order valence-corrected chi connectivity index (χ3v) is 2.57. The van der Waals surface area contributed by atoms with Gasteiger partial charge in [0.25, 0.3) is 5.91 Å². The summed E-state index contributed by atoms with van der Waals surface area (Å²) in [6.07, 6.45) is 1.44. The molecule has 0 saturated carbocycles. The van der Waals surface area contributed by atoms with Gasteiger partial charge in [-0.15, -0.1) is 0 Å². The highest BCUT2D eigenvalue weighted by molar-refractivity contribution is 5.91. The van der Waals surface area contributed by atoms with E-state index in [9.17, 15) is 9.59 Å². The lowest BCUT2D eigenvalue weighted by Gasteiger charge is -2.04. The van der Waals surface area contributed by atoms with Crippen molar-refractivity contribution in [2.24, 2.45) is 0 Å². The first-order valence-electron chi connectivity index (χ1n) is 5.69. The van der Waals surface area contributed by atoms with Crippen LogP contribution in [0.4, 0.5) is 0 Å². The molecule has 1 amide bonds. The lowest BCUT2D eigenvalue weighted by molar-refractivity contribution is 0.0600. The van der Waals surface area contributed by atoms with E-state index in [1.54, 1.807) is 36.4 Å². The van der Waals surface area contributed by atoms with Gasteiger partial charge in [-0.2, -0.15) is 0 Å². The van der Waals surface area contributed by atoms with Gasteiger partial charge in [0.2, 0.25) is 0 Å². The van der Waals surface area contributed by atoms with Gasteiger partial charge in [0.15, 0.2) is 5.76 Å². The van der Waals surface area contributed by atoms with Crippen molar-refractivity contribution >= 4 is 11.9 Å². The quantitative estimate of drug-likeness (QED) is 0.853.